The lowest BCUT2D eigenvalue weighted by Gasteiger charge is -2.20. The zero-order valence-corrected chi connectivity index (χ0v) is 19.2. The summed E-state index contributed by atoms with van der Waals surface area (Å²) in [7, 11) is 0. The van der Waals surface area contributed by atoms with Crippen molar-refractivity contribution in [3.05, 3.63) is 61.9 Å². The average molecular weight is 457 g/mol. The van der Waals surface area contributed by atoms with Crippen LogP contribution in [0.2, 0.25) is 0 Å². The standard InChI is InChI=1S/C21H20N4O2S3/c1-12-20(13(2)26)21(23-14(3)22-12)30-11-19(27)25-16(18-7-5-9-29-18)10-15(24-25)17-6-4-8-28-17/h4-9,16H,10-11H2,1-3H3. The Morgan fingerprint density at radius 3 is 2.60 bits per heavy atom. The van der Waals surface area contributed by atoms with Crippen molar-refractivity contribution in [2.24, 2.45) is 5.10 Å². The average Bonchev–Trinajstić information content (AvgIpc) is 3.45. The molecule has 0 spiro atoms. The first-order valence-corrected chi connectivity index (χ1v) is 12.1. The van der Waals surface area contributed by atoms with Gasteiger partial charge in [0.1, 0.15) is 10.9 Å². The summed E-state index contributed by atoms with van der Waals surface area (Å²) < 4.78 is 0. The Kier molecular flexibility index (Phi) is 6.12. The first kappa shape index (κ1) is 20.9. The van der Waals surface area contributed by atoms with Crippen molar-refractivity contribution in [2.45, 2.75) is 38.3 Å². The first-order chi connectivity index (χ1) is 14.4. The second-order valence-corrected chi connectivity index (χ2v) is 9.77. The van der Waals surface area contributed by atoms with Gasteiger partial charge in [0.05, 0.1) is 33.6 Å². The van der Waals surface area contributed by atoms with E-state index in [1.807, 2.05) is 35.0 Å². The van der Waals surface area contributed by atoms with Gasteiger partial charge in [-0.05, 0) is 43.7 Å². The number of rotatable bonds is 6. The highest BCUT2D eigenvalue weighted by Gasteiger charge is 2.34. The summed E-state index contributed by atoms with van der Waals surface area (Å²) in [6, 6.07) is 7.96. The molecule has 3 aromatic heterocycles. The van der Waals surface area contributed by atoms with Gasteiger partial charge in [-0.15, -0.1) is 22.7 Å². The van der Waals surface area contributed by atoms with E-state index in [1.54, 1.807) is 41.5 Å². The zero-order chi connectivity index (χ0) is 21.3. The fourth-order valence-corrected chi connectivity index (χ4v) is 5.98. The molecule has 30 heavy (non-hydrogen) atoms. The van der Waals surface area contributed by atoms with Crippen molar-refractivity contribution in [1.82, 2.24) is 15.0 Å². The molecule has 1 atom stereocenters. The van der Waals surface area contributed by atoms with Crippen molar-refractivity contribution >= 4 is 51.8 Å². The van der Waals surface area contributed by atoms with Gasteiger partial charge in [0.15, 0.2) is 5.78 Å². The Bertz CT molecular complexity index is 1110. The van der Waals surface area contributed by atoms with Crippen LogP contribution in [0.1, 0.15) is 51.0 Å². The number of thiophene rings is 2. The van der Waals surface area contributed by atoms with Crippen molar-refractivity contribution in [3.8, 4) is 0 Å². The van der Waals surface area contributed by atoms with E-state index in [2.05, 4.69) is 15.1 Å². The van der Waals surface area contributed by atoms with Crippen LogP contribution in [0.25, 0.3) is 0 Å². The number of carbonyl (C=O) groups excluding carboxylic acids is 2. The summed E-state index contributed by atoms with van der Waals surface area (Å²) in [6.07, 6.45) is 0.696. The van der Waals surface area contributed by atoms with E-state index in [4.69, 9.17) is 0 Å². The second-order valence-electron chi connectivity index (χ2n) is 6.88. The van der Waals surface area contributed by atoms with Gasteiger partial charge >= 0.3 is 0 Å². The van der Waals surface area contributed by atoms with Crippen LogP contribution in [0.15, 0.2) is 45.2 Å². The Labute approximate surface area is 187 Å². The number of Topliss-reactive ketones (excluding diaryl/α,β-unsaturated/α-hetero) is 1. The molecule has 0 saturated carbocycles. The van der Waals surface area contributed by atoms with E-state index in [-0.39, 0.29) is 23.5 Å². The molecule has 6 nitrogen and oxygen atoms in total. The Morgan fingerprint density at radius 2 is 1.93 bits per heavy atom. The molecule has 1 aliphatic rings. The Morgan fingerprint density at radius 1 is 1.17 bits per heavy atom. The predicted molar refractivity (Wildman–Crippen MR) is 122 cm³/mol. The topological polar surface area (TPSA) is 75.5 Å². The maximum Gasteiger partial charge on any atom is 0.253 e. The molecular weight excluding hydrogens is 436 g/mol. The van der Waals surface area contributed by atoms with Crippen LogP contribution in [0.3, 0.4) is 0 Å². The number of aromatic nitrogens is 2. The van der Waals surface area contributed by atoms with Crippen LogP contribution in [-0.2, 0) is 4.79 Å². The van der Waals surface area contributed by atoms with Gasteiger partial charge in [-0.1, -0.05) is 23.9 Å². The molecule has 4 heterocycles. The van der Waals surface area contributed by atoms with E-state index in [0.29, 0.717) is 28.5 Å². The van der Waals surface area contributed by atoms with Crippen LogP contribution in [0.4, 0.5) is 0 Å². The van der Waals surface area contributed by atoms with E-state index < -0.39 is 0 Å². The normalized spacial score (nSPS) is 16.0. The number of hydrogen-bond acceptors (Lipinski definition) is 8. The molecule has 0 fully saturated rings. The zero-order valence-electron chi connectivity index (χ0n) is 16.8. The van der Waals surface area contributed by atoms with Gasteiger partial charge in [0, 0.05) is 11.3 Å². The van der Waals surface area contributed by atoms with Crippen molar-refractivity contribution in [1.29, 1.82) is 0 Å². The van der Waals surface area contributed by atoms with Gasteiger partial charge in [-0.25, -0.2) is 15.0 Å². The summed E-state index contributed by atoms with van der Waals surface area (Å²) in [5.41, 5.74) is 2.05. The van der Waals surface area contributed by atoms with Crippen LogP contribution in [0.5, 0.6) is 0 Å². The lowest BCUT2D eigenvalue weighted by atomic mass is 10.1. The summed E-state index contributed by atoms with van der Waals surface area (Å²) in [5.74, 6) is 0.536. The fraction of sp³-hybridized carbons (Fsp3) is 0.286. The highest BCUT2D eigenvalue weighted by Crippen LogP contribution is 2.36. The molecule has 0 aromatic carbocycles. The summed E-state index contributed by atoms with van der Waals surface area (Å²) in [4.78, 5) is 36.1. The third-order valence-corrected chi connectivity index (χ3v) is 7.55. The first-order valence-electron chi connectivity index (χ1n) is 9.40. The molecule has 0 aliphatic carbocycles. The highest BCUT2D eigenvalue weighted by atomic mass is 32.2. The van der Waals surface area contributed by atoms with Gasteiger partial charge < -0.3 is 0 Å². The number of carbonyl (C=O) groups is 2. The number of ketones is 1. The van der Waals surface area contributed by atoms with E-state index >= 15 is 0 Å². The molecule has 9 heteroatoms. The van der Waals surface area contributed by atoms with Gasteiger partial charge in [0.25, 0.3) is 5.91 Å². The summed E-state index contributed by atoms with van der Waals surface area (Å²) in [6.45, 7) is 5.08. The quantitative estimate of drug-likeness (QED) is 0.300. The lowest BCUT2D eigenvalue weighted by molar-refractivity contribution is -0.130. The number of hydrogen-bond donors (Lipinski definition) is 0. The molecule has 0 saturated heterocycles. The molecule has 3 aromatic rings. The predicted octanol–water partition coefficient (Wildman–Crippen LogP) is 4.89. The van der Waals surface area contributed by atoms with Gasteiger partial charge in [-0.3, -0.25) is 9.59 Å². The molecule has 0 bridgehead atoms. The highest BCUT2D eigenvalue weighted by molar-refractivity contribution is 8.00. The SMILES string of the molecule is CC(=O)c1c(C)nc(C)nc1SCC(=O)N1N=C(c2cccs2)CC1c1cccs1. The van der Waals surface area contributed by atoms with E-state index in [9.17, 15) is 9.59 Å². The van der Waals surface area contributed by atoms with Crippen LogP contribution >= 0.6 is 34.4 Å². The minimum absolute atomic E-state index is 0.0990. The smallest absolute Gasteiger partial charge is 0.253 e. The maximum absolute atomic E-state index is 13.2. The van der Waals surface area contributed by atoms with E-state index in [1.165, 1.54) is 18.7 Å². The number of thioether (sulfide) groups is 1. The largest absolute Gasteiger partial charge is 0.294 e. The number of amides is 1. The third-order valence-electron chi connectivity index (χ3n) is 4.70. The van der Waals surface area contributed by atoms with E-state index in [0.717, 1.165) is 15.5 Å². The van der Waals surface area contributed by atoms with Crippen LogP contribution in [-0.4, -0.2) is 38.1 Å². The van der Waals surface area contributed by atoms with Crippen molar-refractivity contribution in [3.63, 3.8) is 0 Å². The molecule has 1 unspecified atom stereocenters. The minimum Gasteiger partial charge on any atom is -0.294 e. The Hall–Kier alpha value is -2.36. The number of aryl methyl sites for hydroxylation is 2. The minimum atomic E-state index is -0.103. The Balaban J connectivity index is 1.58. The summed E-state index contributed by atoms with van der Waals surface area (Å²) >= 11 is 4.53. The van der Waals surface area contributed by atoms with Crippen molar-refractivity contribution in [2.75, 3.05) is 5.75 Å². The fourth-order valence-electron chi connectivity index (χ4n) is 3.42. The van der Waals surface area contributed by atoms with Crippen LogP contribution < -0.4 is 0 Å². The lowest BCUT2D eigenvalue weighted by Crippen LogP contribution is -2.28. The maximum atomic E-state index is 13.2. The molecular formula is C21H20N4O2S3. The molecule has 4 rings (SSSR count). The van der Waals surface area contributed by atoms with Gasteiger partial charge in [-0.2, -0.15) is 5.10 Å². The van der Waals surface area contributed by atoms with Crippen molar-refractivity contribution < 1.29 is 9.59 Å². The third kappa shape index (κ3) is 4.23. The van der Waals surface area contributed by atoms with Crippen LogP contribution in [0, 0.1) is 13.8 Å². The summed E-state index contributed by atoms with van der Waals surface area (Å²) in [5, 5.41) is 10.9. The van der Waals surface area contributed by atoms with Gasteiger partial charge in [0.2, 0.25) is 0 Å². The number of nitrogens with zero attached hydrogens (tertiary/aromatic N) is 4. The number of hydrazone groups is 1. The molecule has 1 aliphatic heterocycles. The molecule has 1 amide bonds. The molecule has 0 radical (unpaired) electrons. The molecule has 0 N–H and O–H groups in total. The monoisotopic (exact) mass is 456 g/mol. The second kappa shape index (κ2) is 8.79. The molecule has 154 valence electrons.